The molecule has 0 saturated carbocycles. The molecule has 0 bridgehead atoms. The molecule has 11 rings (SSSR count). The van der Waals surface area contributed by atoms with Gasteiger partial charge in [0, 0.05) is 31.9 Å². The SMILES string of the molecule is c1ccc(-c2ccc3cc(N(c4ccc5c(c4)C(c4ccccc4)(c4ccccc4)c4ccccc4S5)c4cccc5c4oc4ccccc45)ccc3c2)cc1. The summed E-state index contributed by atoms with van der Waals surface area (Å²) in [5, 5.41) is 4.58. The predicted octanol–water partition coefficient (Wildman–Crippen LogP) is 14.7. The number of para-hydroxylation sites is 2. The second-order valence-corrected chi connectivity index (χ2v) is 15.5. The van der Waals surface area contributed by atoms with Gasteiger partial charge in [-0.15, -0.1) is 0 Å². The van der Waals surface area contributed by atoms with Crippen LogP contribution in [-0.2, 0) is 5.41 Å². The Kier molecular flexibility index (Phi) is 7.68. The highest BCUT2D eigenvalue weighted by Crippen LogP contribution is 2.57. The summed E-state index contributed by atoms with van der Waals surface area (Å²) in [4.78, 5) is 4.91. The third-order valence-electron chi connectivity index (χ3n) is 11.4. The van der Waals surface area contributed by atoms with Crippen LogP contribution in [0.4, 0.5) is 17.1 Å². The molecule has 0 atom stereocenters. The molecule has 1 aromatic heterocycles. The van der Waals surface area contributed by atoms with Gasteiger partial charge in [-0.25, -0.2) is 0 Å². The van der Waals surface area contributed by atoms with Gasteiger partial charge in [0.15, 0.2) is 5.58 Å². The summed E-state index contributed by atoms with van der Waals surface area (Å²) in [7, 11) is 0. The first-order chi connectivity index (χ1) is 27.8. The zero-order valence-corrected chi connectivity index (χ0v) is 31.3. The maximum Gasteiger partial charge on any atom is 0.159 e. The Balaban J connectivity index is 1.18. The Morgan fingerprint density at radius 3 is 1.82 bits per heavy atom. The maximum atomic E-state index is 6.75. The van der Waals surface area contributed by atoms with Crippen LogP contribution in [0.3, 0.4) is 0 Å². The maximum absolute atomic E-state index is 6.75. The van der Waals surface area contributed by atoms with E-state index >= 15 is 0 Å². The number of hydrogen-bond acceptors (Lipinski definition) is 3. The summed E-state index contributed by atoms with van der Waals surface area (Å²) < 4.78 is 6.75. The van der Waals surface area contributed by atoms with Crippen molar-refractivity contribution in [2.75, 3.05) is 4.90 Å². The number of fused-ring (bicyclic) bond motifs is 6. The van der Waals surface area contributed by atoms with Gasteiger partial charge >= 0.3 is 0 Å². The highest BCUT2D eigenvalue weighted by Gasteiger charge is 2.44. The van der Waals surface area contributed by atoms with Crippen LogP contribution in [0, 0.1) is 0 Å². The fourth-order valence-corrected chi connectivity index (χ4v) is 10.0. The summed E-state index contributed by atoms with van der Waals surface area (Å²) in [5.41, 5.74) is 11.8. The number of benzene rings is 9. The molecule has 264 valence electrons. The minimum atomic E-state index is -0.552. The molecule has 2 nitrogen and oxygen atoms in total. The molecule has 3 heteroatoms. The molecule has 56 heavy (non-hydrogen) atoms. The van der Waals surface area contributed by atoms with Gasteiger partial charge in [-0.05, 0) is 98.8 Å². The first-order valence-electron chi connectivity index (χ1n) is 19.1. The van der Waals surface area contributed by atoms with Crippen LogP contribution in [0.25, 0.3) is 43.8 Å². The summed E-state index contributed by atoms with van der Waals surface area (Å²) in [5.74, 6) is 0. The van der Waals surface area contributed by atoms with Crippen molar-refractivity contribution in [3.05, 3.63) is 235 Å². The molecule has 10 aromatic rings. The third-order valence-corrected chi connectivity index (χ3v) is 12.5. The van der Waals surface area contributed by atoms with E-state index in [1.54, 1.807) is 0 Å². The summed E-state index contributed by atoms with van der Waals surface area (Å²) >= 11 is 1.86. The fourth-order valence-electron chi connectivity index (χ4n) is 8.85. The normalized spacial score (nSPS) is 13.1. The van der Waals surface area contributed by atoms with E-state index < -0.39 is 5.41 Å². The number of hydrogen-bond donors (Lipinski definition) is 0. The van der Waals surface area contributed by atoms with E-state index in [4.69, 9.17) is 4.42 Å². The molecular weight excluding hydrogens is 699 g/mol. The second-order valence-electron chi connectivity index (χ2n) is 14.5. The second kappa shape index (κ2) is 13.2. The minimum Gasteiger partial charge on any atom is -0.454 e. The molecule has 0 N–H and O–H groups in total. The average molecular weight is 734 g/mol. The van der Waals surface area contributed by atoms with Crippen molar-refractivity contribution in [2.24, 2.45) is 0 Å². The molecule has 0 radical (unpaired) electrons. The van der Waals surface area contributed by atoms with Crippen LogP contribution in [-0.4, -0.2) is 0 Å². The lowest BCUT2D eigenvalue weighted by molar-refractivity contribution is 0.669. The van der Waals surface area contributed by atoms with E-state index in [-0.39, 0.29) is 0 Å². The first kappa shape index (κ1) is 32.6. The van der Waals surface area contributed by atoms with Crippen molar-refractivity contribution in [1.29, 1.82) is 0 Å². The van der Waals surface area contributed by atoms with Crippen LogP contribution in [0.1, 0.15) is 22.3 Å². The third kappa shape index (κ3) is 5.12. The number of rotatable bonds is 6. The Morgan fingerprint density at radius 2 is 1.02 bits per heavy atom. The van der Waals surface area contributed by atoms with E-state index in [2.05, 4.69) is 211 Å². The topological polar surface area (TPSA) is 16.4 Å². The molecule has 0 spiro atoms. The molecule has 1 aliphatic rings. The molecule has 0 saturated heterocycles. The highest BCUT2D eigenvalue weighted by atomic mass is 32.2. The zero-order chi connectivity index (χ0) is 37.1. The summed E-state index contributed by atoms with van der Waals surface area (Å²) in [6.07, 6.45) is 0. The highest BCUT2D eigenvalue weighted by molar-refractivity contribution is 7.99. The van der Waals surface area contributed by atoms with Crippen molar-refractivity contribution in [1.82, 2.24) is 0 Å². The Bertz CT molecular complexity index is 3020. The van der Waals surface area contributed by atoms with Gasteiger partial charge in [-0.1, -0.05) is 169 Å². The number of furan rings is 1. The molecule has 2 heterocycles. The van der Waals surface area contributed by atoms with Gasteiger partial charge in [0.2, 0.25) is 0 Å². The molecule has 0 amide bonds. The number of nitrogens with zero attached hydrogens (tertiary/aromatic N) is 1. The lowest BCUT2D eigenvalue weighted by Gasteiger charge is -2.42. The zero-order valence-electron chi connectivity index (χ0n) is 30.5. The minimum absolute atomic E-state index is 0.552. The molecule has 0 unspecified atom stereocenters. The van der Waals surface area contributed by atoms with Crippen LogP contribution < -0.4 is 4.90 Å². The van der Waals surface area contributed by atoms with Crippen LogP contribution in [0.2, 0.25) is 0 Å². The van der Waals surface area contributed by atoms with E-state index in [0.29, 0.717) is 0 Å². The molecule has 9 aromatic carbocycles. The van der Waals surface area contributed by atoms with Gasteiger partial charge in [-0.3, -0.25) is 0 Å². The average Bonchev–Trinajstić information content (AvgIpc) is 3.66. The van der Waals surface area contributed by atoms with Crippen LogP contribution in [0.5, 0.6) is 0 Å². The Hall–Kier alpha value is -6.81. The Labute approximate surface area is 330 Å². The first-order valence-corrected chi connectivity index (χ1v) is 19.9. The summed E-state index contributed by atoms with van der Waals surface area (Å²) in [6, 6.07) is 77.1. The standard InChI is InChI=1S/C53H35NOS/c1-4-15-36(16-5-1)37-27-28-39-34-42(30-29-38(39)33-37)54(48-24-14-22-45-44-21-10-12-25-49(44)55-52(45)48)43-31-32-51-47(35-43)53(40-17-6-2-7-18-40,41-19-8-3-9-20-41)46-23-11-13-26-50(46)56-51/h1-35H. The predicted molar refractivity (Wildman–Crippen MR) is 234 cm³/mol. The quantitative estimate of drug-likeness (QED) is 0.169. The Morgan fingerprint density at radius 1 is 0.411 bits per heavy atom. The van der Waals surface area contributed by atoms with Crippen molar-refractivity contribution in [3.63, 3.8) is 0 Å². The fraction of sp³-hybridized carbons (Fsp3) is 0.0189. The molecular formula is C53H35NOS. The molecule has 0 aliphatic carbocycles. The van der Waals surface area contributed by atoms with Gasteiger partial charge in [-0.2, -0.15) is 0 Å². The van der Waals surface area contributed by atoms with Crippen molar-refractivity contribution in [3.8, 4) is 11.1 Å². The lowest BCUT2D eigenvalue weighted by atomic mass is 9.64. The van der Waals surface area contributed by atoms with E-state index in [1.807, 2.05) is 17.8 Å². The molecule has 0 fully saturated rings. The lowest BCUT2D eigenvalue weighted by Crippen LogP contribution is -2.34. The smallest absolute Gasteiger partial charge is 0.159 e. The van der Waals surface area contributed by atoms with Crippen molar-refractivity contribution >= 4 is 61.5 Å². The van der Waals surface area contributed by atoms with Crippen molar-refractivity contribution < 1.29 is 4.42 Å². The van der Waals surface area contributed by atoms with E-state index in [0.717, 1.165) is 39.0 Å². The summed E-state index contributed by atoms with van der Waals surface area (Å²) in [6.45, 7) is 0. The van der Waals surface area contributed by atoms with Gasteiger partial charge in [0.1, 0.15) is 5.58 Å². The van der Waals surface area contributed by atoms with Gasteiger partial charge < -0.3 is 9.32 Å². The van der Waals surface area contributed by atoms with E-state index in [1.165, 1.54) is 53.9 Å². The largest absolute Gasteiger partial charge is 0.454 e. The van der Waals surface area contributed by atoms with Crippen LogP contribution in [0.15, 0.2) is 227 Å². The van der Waals surface area contributed by atoms with Crippen LogP contribution >= 0.6 is 11.8 Å². The molecule has 1 aliphatic heterocycles. The van der Waals surface area contributed by atoms with Gasteiger partial charge in [0.05, 0.1) is 11.1 Å². The number of anilines is 3. The van der Waals surface area contributed by atoms with Gasteiger partial charge in [0.25, 0.3) is 0 Å². The van der Waals surface area contributed by atoms with E-state index in [9.17, 15) is 0 Å². The van der Waals surface area contributed by atoms with Crippen molar-refractivity contribution in [2.45, 2.75) is 15.2 Å². The monoisotopic (exact) mass is 733 g/mol.